The molecule has 0 aromatic rings. The van der Waals surface area contributed by atoms with E-state index in [2.05, 4.69) is 30.8 Å². The molecule has 0 aromatic carbocycles. The summed E-state index contributed by atoms with van der Waals surface area (Å²) in [5.74, 6) is 0. The zero-order valence-corrected chi connectivity index (χ0v) is 14.4. The first-order chi connectivity index (χ1) is 8.35. The first kappa shape index (κ1) is 18.9. The Kier molecular flexibility index (Phi) is 7.00. The summed E-state index contributed by atoms with van der Waals surface area (Å²) in [4.78, 5) is 0. The van der Waals surface area contributed by atoms with Crippen molar-refractivity contribution in [2.24, 2.45) is 0 Å². The number of hydrogen-bond acceptors (Lipinski definition) is 3. The lowest BCUT2D eigenvalue weighted by Gasteiger charge is -2.23. The van der Waals surface area contributed by atoms with Gasteiger partial charge in [0.05, 0.1) is 4.75 Å². The zero-order valence-electron chi connectivity index (χ0n) is 13.6. The maximum absolute atomic E-state index is 12.0. The fraction of sp³-hybridized carbons (Fsp3) is 1.00. The summed E-state index contributed by atoms with van der Waals surface area (Å²) in [7, 11) is -3.23. The first-order valence-corrected chi connectivity index (χ1v) is 8.60. The number of hydrogen-bond donors (Lipinski definition) is 2. The normalized spacial score (nSPS) is 15.5. The van der Waals surface area contributed by atoms with Crippen molar-refractivity contribution in [3.63, 3.8) is 0 Å². The van der Waals surface area contributed by atoms with Gasteiger partial charge in [0.15, 0.2) is 0 Å². The highest BCUT2D eigenvalue weighted by Crippen LogP contribution is 2.15. The molecule has 0 saturated carbocycles. The second kappa shape index (κ2) is 7.04. The van der Waals surface area contributed by atoms with E-state index in [1.807, 2.05) is 6.92 Å². The van der Waals surface area contributed by atoms with Crippen LogP contribution in [0.4, 0.5) is 0 Å². The van der Waals surface area contributed by atoms with Crippen molar-refractivity contribution in [2.75, 3.05) is 6.54 Å². The van der Waals surface area contributed by atoms with E-state index in [0.29, 0.717) is 0 Å². The monoisotopic (exact) mass is 292 g/mol. The van der Waals surface area contributed by atoms with Crippen LogP contribution in [0.25, 0.3) is 0 Å². The predicted octanol–water partition coefficient (Wildman–Crippen LogP) is 2.65. The van der Waals surface area contributed by atoms with Gasteiger partial charge in [-0.2, -0.15) is 0 Å². The quantitative estimate of drug-likeness (QED) is 0.709. The smallest absolute Gasteiger partial charge is 0.216 e. The highest BCUT2D eigenvalue weighted by Gasteiger charge is 2.29. The molecule has 1 atom stereocenters. The van der Waals surface area contributed by atoms with Gasteiger partial charge in [-0.1, -0.05) is 6.42 Å². The lowest BCUT2D eigenvalue weighted by molar-refractivity contribution is 0.412. The second-order valence-corrected chi connectivity index (χ2v) is 9.77. The molecule has 0 rings (SSSR count). The van der Waals surface area contributed by atoms with Gasteiger partial charge in [0.25, 0.3) is 0 Å². The predicted molar refractivity (Wildman–Crippen MR) is 82.9 cm³/mol. The van der Waals surface area contributed by atoms with E-state index in [9.17, 15) is 8.42 Å². The summed E-state index contributed by atoms with van der Waals surface area (Å²) in [6.45, 7) is 14.5. The van der Waals surface area contributed by atoms with Crippen LogP contribution in [0.3, 0.4) is 0 Å². The molecule has 0 saturated heterocycles. The third kappa shape index (κ3) is 8.60. The molecule has 0 heterocycles. The highest BCUT2D eigenvalue weighted by molar-refractivity contribution is 7.90. The molecule has 0 aromatic heterocycles. The van der Waals surface area contributed by atoms with Crippen LogP contribution in [0.15, 0.2) is 0 Å². The minimum atomic E-state index is -3.23. The number of rotatable bonds is 7. The summed E-state index contributed by atoms with van der Waals surface area (Å²) in [6.07, 6.45) is 2.97. The van der Waals surface area contributed by atoms with Crippen molar-refractivity contribution in [3.05, 3.63) is 0 Å². The van der Waals surface area contributed by atoms with Crippen LogP contribution in [-0.4, -0.2) is 31.3 Å². The molecule has 0 bridgehead atoms. The third-order valence-corrected chi connectivity index (χ3v) is 5.21. The van der Waals surface area contributed by atoms with E-state index in [4.69, 9.17) is 0 Å². The number of sulfonamides is 1. The van der Waals surface area contributed by atoms with Crippen LogP contribution in [0, 0.1) is 0 Å². The van der Waals surface area contributed by atoms with Crippen molar-refractivity contribution in [1.82, 2.24) is 10.0 Å². The largest absolute Gasteiger partial charge is 0.312 e. The molecule has 2 N–H and O–H groups in total. The van der Waals surface area contributed by atoms with E-state index in [0.717, 1.165) is 25.8 Å². The van der Waals surface area contributed by atoms with E-state index in [-0.39, 0.29) is 11.6 Å². The molecule has 0 fully saturated rings. The maximum atomic E-state index is 12.0. The maximum Gasteiger partial charge on any atom is 0.216 e. The standard InChI is InChI=1S/C14H32N2O2S/c1-12(16-19(17,18)14(5,6)7)10-8-9-11-15-13(2,3)4/h12,15-16H,8-11H2,1-7H3/t12-/m0/s1. The Bertz CT molecular complexity index is 351. The van der Waals surface area contributed by atoms with E-state index < -0.39 is 14.8 Å². The van der Waals surface area contributed by atoms with Crippen LogP contribution in [0.2, 0.25) is 0 Å². The number of nitrogens with one attached hydrogen (secondary N) is 2. The highest BCUT2D eigenvalue weighted by atomic mass is 32.2. The Morgan fingerprint density at radius 1 is 1.00 bits per heavy atom. The van der Waals surface area contributed by atoms with Gasteiger partial charge in [0.2, 0.25) is 10.0 Å². The zero-order chi connectivity index (χ0) is 15.3. The lowest BCUT2D eigenvalue weighted by Crippen LogP contribution is -2.43. The minimum Gasteiger partial charge on any atom is -0.312 e. The van der Waals surface area contributed by atoms with Crippen molar-refractivity contribution in [2.45, 2.75) is 84.1 Å². The topological polar surface area (TPSA) is 58.2 Å². The molecule has 4 nitrogen and oxygen atoms in total. The van der Waals surface area contributed by atoms with Crippen LogP contribution in [0.5, 0.6) is 0 Å². The molecule has 0 aliphatic heterocycles. The molecule has 0 aliphatic carbocycles. The summed E-state index contributed by atoms with van der Waals surface area (Å²) < 4.78 is 25.9. The Labute approximate surface area is 119 Å². The fourth-order valence-electron chi connectivity index (χ4n) is 1.54. The van der Waals surface area contributed by atoms with Gasteiger partial charge in [0.1, 0.15) is 0 Å². The van der Waals surface area contributed by atoms with Gasteiger partial charge in [-0.15, -0.1) is 0 Å². The fourth-order valence-corrected chi connectivity index (χ4v) is 2.54. The molecule has 19 heavy (non-hydrogen) atoms. The molecular weight excluding hydrogens is 260 g/mol. The van der Waals surface area contributed by atoms with Gasteiger partial charge in [-0.25, -0.2) is 13.1 Å². The Balaban J connectivity index is 3.93. The Morgan fingerprint density at radius 3 is 1.95 bits per heavy atom. The van der Waals surface area contributed by atoms with Gasteiger partial charge in [-0.05, 0) is 67.9 Å². The molecule has 0 aliphatic rings. The summed E-state index contributed by atoms with van der Waals surface area (Å²) >= 11 is 0. The molecule has 116 valence electrons. The lowest BCUT2D eigenvalue weighted by atomic mass is 10.1. The van der Waals surface area contributed by atoms with Crippen LogP contribution < -0.4 is 10.0 Å². The summed E-state index contributed by atoms with van der Waals surface area (Å²) in [5, 5.41) is 3.43. The van der Waals surface area contributed by atoms with Gasteiger partial charge >= 0.3 is 0 Å². The van der Waals surface area contributed by atoms with Crippen molar-refractivity contribution >= 4 is 10.0 Å². The Morgan fingerprint density at radius 2 is 1.53 bits per heavy atom. The van der Waals surface area contributed by atoms with Crippen LogP contribution >= 0.6 is 0 Å². The Hall–Kier alpha value is -0.130. The van der Waals surface area contributed by atoms with Crippen molar-refractivity contribution in [1.29, 1.82) is 0 Å². The molecule has 0 spiro atoms. The summed E-state index contributed by atoms with van der Waals surface area (Å²) in [6, 6.07) is -0.00105. The van der Waals surface area contributed by atoms with Crippen molar-refractivity contribution in [3.8, 4) is 0 Å². The average molecular weight is 292 g/mol. The van der Waals surface area contributed by atoms with Gasteiger partial charge in [0, 0.05) is 11.6 Å². The molecule has 0 radical (unpaired) electrons. The van der Waals surface area contributed by atoms with Gasteiger partial charge < -0.3 is 5.32 Å². The molecular formula is C14H32N2O2S. The molecule has 0 unspecified atom stereocenters. The molecule has 0 amide bonds. The van der Waals surface area contributed by atoms with E-state index in [1.54, 1.807) is 20.8 Å². The first-order valence-electron chi connectivity index (χ1n) is 7.12. The van der Waals surface area contributed by atoms with Crippen molar-refractivity contribution < 1.29 is 8.42 Å². The van der Waals surface area contributed by atoms with Crippen LogP contribution in [0.1, 0.15) is 67.7 Å². The number of unbranched alkanes of at least 4 members (excludes halogenated alkanes) is 1. The van der Waals surface area contributed by atoms with Gasteiger partial charge in [-0.3, -0.25) is 0 Å². The third-order valence-electron chi connectivity index (χ3n) is 2.88. The van der Waals surface area contributed by atoms with Crippen LogP contribution in [-0.2, 0) is 10.0 Å². The average Bonchev–Trinajstić information content (AvgIpc) is 2.12. The van der Waals surface area contributed by atoms with E-state index in [1.165, 1.54) is 0 Å². The van der Waals surface area contributed by atoms with E-state index >= 15 is 0 Å². The SMILES string of the molecule is C[C@@H](CCCCNC(C)(C)C)NS(=O)(=O)C(C)(C)C. The summed E-state index contributed by atoms with van der Waals surface area (Å²) in [5.41, 5.74) is 0.152. The second-order valence-electron chi connectivity index (χ2n) is 7.31. The molecule has 5 heteroatoms. The minimum absolute atomic E-state index is 0.00105.